The van der Waals surface area contributed by atoms with Gasteiger partial charge >= 0.3 is 0 Å². The van der Waals surface area contributed by atoms with Gasteiger partial charge in [-0.1, -0.05) is 6.92 Å². The smallest absolute Gasteiger partial charge is 0.202 e. The van der Waals surface area contributed by atoms with Crippen molar-refractivity contribution in [1.82, 2.24) is 19.9 Å². The van der Waals surface area contributed by atoms with Gasteiger partial charge in [-0.25, -0.2) is 4.98 Å². The molecule has 0 aliphatic carbocycles. The van der Waals surface area contributed by atoms with Crippen LogP contribution in [0.25, 0.3) is 11.2 Å². The van der Waals surface area contributed by atoms with E-state index >= 15 is 0 Å². The predicted octanol–water partition coefficient (Wildman–Crippen LogP) is 1.85. The van der Waals surface area contributed by atoms with Gasteiger partial charge in [-0.2, -0.15) is 4.98 Å². The number of hydrogen-bond donors (Lipinski definition) is 2. The van der Waals surface area contributed by atoms with Crippen molar-refractivity contribution in [2.24, 2.45) is 0 Å². The van der Waals surface area contributed by atoms with Crippen LogP contribution in [0.4, 0.5) is 5.95 Å². The molecule has 0 unspecified atom stereocenters. The molecular weight excluding hydrogens is 226 g/mol. The number of anilines is 1. The summed E-state index contributed by atoms with van der Waals surface area (Å²) in [5, 5.41) is 3.49. The van der Waals surface area contributed by atoms with E-state index in [-0.39, 0.29) is 0 Å². The summed E-state index contributed by atoms with van der Waals surface area (Å²) in [4.78, 5) is 14.4. The van der Waals surface area contributed by atoms with Crippen LogP contribution in [-0.4, -0.2) is 45.5 Å². The highest BCUT2D eigenvalue weighted by molar-refractivity contribution is 5.72. The third-order valence-electron chi connectivity index (χ3n) is 3.55. The molecule has 0 aromatic carbocycles. The minimum Gasteiger partial charge on any atom is -0.352 e. The number of rotatable bonds is 3. The molecular formula is C13H19N5. The molecule has 0 radical (unpaired) electrons. The number of nitrogens with one attached hydrogen (secondary N) is 2. The van der Waals surface area contributed by atoms with E-state index in [0.717, 1.165) is 30.2 Å². The molecule has 2 aromatic heterocycles. The Labute approximate surface area is 107 Å². The van der Waals surface area contributed by atoms with E-state index in [1.165, 1.54) is 19.4 Å². The number of piperidine rings is 1. The Morgan fingerprint density at radius 1 is 1.56 bits per heavy atom. The number of nitrogens with zero attached hydrogens (tertiary/aromatic N) is 3. The number of likely N-dealkylation sites (N-methyl/N-ethyl adjacent to an activating group) is 1. The Kier molecular flexibility index (Phi) is 3.15. The number of hydrogen-bond acceptors (Lipinski definition) is 4. The number of pyridine rings is 1. The van der Waals surface area contributed by atoms with Crippen molar-refractivity contribution in [2.75, 3.05) is 25.0 Å². The minimum atomic E-state index is 0.485. The number of aromatic nitrogens is 3. The summed E-state index contributed by atoms with van der Waals surface area (Å²) in [6, 6.07) is 4.41. The molecule has 3 rings (SSSR count). The Hall–Kier alpha value is -1.62. The molecule has 1 saturated heterocycles. The summed E-state index contributed by atoms with van der Waals surface area (Å²) in [5.74, 6) is 0.839. The molecule has 96 valence electrons. The second-order valence-corrected chi connectivity index (χ2v) is 4.84. The number of imidazole rings is 1. The maximum Gasteiger partial charge on any atom is 0.202 e. The minimum absolute atomic E-state index is 0.485. The van der Waals surface area contributed by atoms with E-state index < -0.39 is 0 Å². The Morgan fingerprint density at radius 2 is 2.50 bits per heavy atom. The highest BCUT2D eigenvalue weighted by atomic mass is 15.2. The normalized spacial score (nSPS) is 21.3. The van der Waals surface area contributed by atoms with Crippen LogP contribution in [0.2, 0.25) is 0 Å². The third-order valence-corrected chi connectivity index (χ3v) is 3.55. The second-order valence-electron chi connectivity index (χ2n) is 4.84. The molecule has 18 heavy (non-hydrogen) atoms. The van der Waals surface area contributed by atoms with Gasteiger partial charge in [0.1, 0.15) is 0 Å². The summed E-state index contributed by atoms with van der Waals surface area (Å²) < 4.78 is 0. The van der Waals surface area contributed by atoms with Crippen molar-refractivity contribution in [3.05, 3.63) is 18.3 Å². The first-order chi connectivity index (χ1) is 8.85. The van der Waals surface area contributed by atoms with E-state index in [1.54, 1.807) is 6.20 Å². The van der Waals surface area contributed by atoms with Crippen molar-refractivity contribution in [3.8, 4) is 0 Å². The predicted molar refractivity (Wildman–Crippen MR) is 72.6 cm³/mol. The van der Waals surface area contributed by atoms with Gasteiger partial charge in [0, 0.05) is 18.8 Å². The zero-order valence-corrected chi connectivity index (χ0v) is 10.7. The quantitative estimate of drug-likeness (QED) is 0.866. The number of fused-ring (bicyclic) bond motifs is 1. The van der Waals surface area contributed by atoms with Crippen LogP contribution in [0, 0.1) is 0 Å². The first-order valence-corrected chi connectivity index (χ1v) is 6.65. The molecule has 3 heterocycles. The van der Waals surface area contributed by atoms with Crippen LogP contribution in [-0.2, 0) is 0 Å². The highest BCUT2D eigenvalue weighted by Gasteiger charge is 2.19. The van der Waals surface area contributed by atoms with Gasteiger partial charge in [-0.3, -0.25) is 0 Å². The molecule has 1 aliphatic heterocycles. The van der Waals surface area contributed by atoms with Crippen molar-refractivity contribution < 1.29 is 0 Å². The lowest BCUT2D eigenvalue weighted by molar-refractivity contribution is 0.226. The van der Waals surface area contributed by atoms with Gasteiger partial charge in [-0.15, -0.1) is 0 Å². The lowest BCUT2D eigenvalue weighted by atomic mass is 10.1. The van der Waals surface area contributed by atoms with Crippen LogP contribution in [0.15, 0.2) is 18.3 Å². The number of likely N-dealkylation sites (tertiary alicyclic amines) is 1. The van der Waals surface area contributed by atoms with E-state index in [2.05, 4.69) is 32.1 Å². The number of aromatic amines is 1. The second kappa shape index (κ2) is 4.94. The Bertz CT molecular complexity index is 488. The fraction of sp³-hybridized carbons (Fsp3) is 0.538. The lowest BCUT2D eigenvalue weighted by Gasteiger charge is -2.32. The summed E-state index contributed by atoms with van der Waals surface area (Å²) in [6.07, 6.45) is 4.23. The molecule has 0 bridgehead atoms. The average Bonchev–Trinajstić information content (AvgIpc) is 2.81. The summed E-state index contributed by atoms with van der Waals surface area (Å²) in [5.41, 5.74) is 1.77. The largest absolute Gasteiger partial charge is 0.352 e. The summed E-state index contributed by atoms with van der Waals surface area (Å²) in [7, 11) is 0. The Balaban J connectivity index is 1.71. The maximum atomic E-state index is 4.46. The molecule has 0 spiro atoms. The topological polar surface area (TPSA) is 56.8 Å². The standard InChI is InChI=1S/C13H19N5/c1-2-18-8-4-5-10(9-18)15-13-16-11-6-3-7-14-12(11)17-13/h3,6-7,10H,2,4-5,8-9H2,1H3,(H2,14,15,16,17)/t10-/m1/s1. The summed E-state index contributed by atoms with van der Waals surface area (Å²) >= 11 is 0. The zero-order valence-electron chi connectivity index (χ0n) is 10.7. The molecule has 0 amide bonds. The fourth-order valence-corrected chi connectivity index (χ4v) is 2.57. The third kappa shape index (κ3) is 2.31. The van der Waals surface area contributed by atoms with E-state index in [0.29, 0.717) is 6.04 Å². The fourth-order valence-electron chi connectivity index (χ4n) is 2.57. The molecule has 1 fully saturated rings. The van der Waals surface area contributed by atoms with E-state index in [9.17, 15) is 0 Å². The SMILES string of the molecule is CCN1CCC[C@@H](Nc2nc3ncccc3[nH]2)C1. The van der Waals surface area contributed by atoms with Crippen molar-refractivity contribution in [1.29, 1.82) is 0 Å². The van der Waals surface area contributed by atoms with Crippen LogP contribution in [0.5, 0.6) is 0 Å². The maximum absolute atomic E-state index is 4.46. The first kappa shape index (κ1) is 11.5. The molecule has 2 aromatic rings. The van der Waals surface area contributed by atoms with E-state index in [4.69, 9.17) is 0 Å². The van der Waals surface area contributed by atoms with Gasteiger partial charge < -0.3 is 15.2 Å². The first-order valence-electron chi connectivity index (χ1n) is 6.65. The van der Waals surface area contributed by atoms with Gasteiger partial charge in [0.15, 0.2) is 5.65 Å². The molecule has 5 nitrogen and oxygen atoms in total. The van der Waals surface area contributed by atoms with Gasteiger partial charge in [0.2, 0.25) is 5.95 Å². The van der Waals surface area contributed by atoms with Crippen molar-refractivity contribution >= 4 is 17.1 Å². The lowest BCUT2D eigenvalue weighted by Crippen LogP contribution is -2.42. The average molecular weight is 245 g/mol. The van der Waals surface area contributed by atoms with Gasteiger partial charge in [-0.05, 0) is 38.1 Å². The monoisotopic (exact) mass is 245 g/mol. The van der Waals surface area contributed by atoms with Gasteiger partial charge in [0.25, 0.3) is 0 Å². The van der Waals surface area contributed by atoms with Crippen molar-refractivity contribution in [2.45, 2.75) is 25.8 Å². The summed E-state index contributed by atoms with van der Waals surface area (Å²) in [6.45, 7) is 5.66. The highest BCUT2D eigenvalue weighted by Crippen LogP contribution is 2.16. The van der Waals surface area contributed by atoms with Crippen LogP contribution < -0.4 is 5.32 Å². The van der Waals surface area contributed by atoms with Gasteiger partial charge in [0.05, 0.1) is 5.52 Å². The Morgan fingerprint density at radius 3 is 3.33 bits per heavy atom. The molecule has 1 atom stereocenters. The van der Waals surface area contributed by atoms with Crippen LogP contribution >= 0.6 is 0 Å². The van der Waals surface area contributed by atoms with E-state index in [1.807, 2.05) is 12.1 Å². The molecule has 1 aliphatic rings. The number of H-pyrrole nitrogens is 1. The molecule has 2 N–H and O–H groups in total. The van der Waals surface area contributed by atoms with Crippen molar-refractivity contribution in [3.63, 3.8) is 0 Å². The van der Waals surface area contributed by atoms with Crippen LogP contribution in [0.3, 0.4) is 0 Å². The zero-order chi connectivity index (χ0) is 12.4. The molecule has 0 saturated carbocycles. The van der Waals surface area contributed by atoms with Crippen LogP contribution in [0.1, 0.15) is 19.8 Å². The molecule has 5 heteroatoms.